The van der Waals surface area contributed by atoms with E-state index < -0.39 is 17.8 Å². The highest BCUT2D eigenvalue weighted by atomic mass is 16.5. The lowest BCUT2D eigenvalue weighted by Gasteiger charge is -2.16. The van der Waals surface area contributed by atoms with Gasteiger partial charge >= 0.3 is 11.7 Å². The van der Waals surface area contributed by atoms with Gasteiger partial charge in [-0.15, -0.1) is 0 Å². The lowest BCUT2D eigenvalue weighted by molar-refractivity contribution is -0.151. The maximum Gasteiger partial charge on any atom is 0.420 e. The number of nitrogens with two attached hydrogens (primary N) is 1. The highest BCUT2D eigenvalue weighted by Gasteiger charge is 2.24. The summed E-state index contributed by atoms with van der Waals surface area (Å²) in [5.41, 5.74) is 7.03. The minimum atomic E-state index is -0.789. The molecule has 108 valence electrons. The normalized spacial score (nSPS) is 14.2. The largest absolute Gasteiger partial charge is 0.461 e. The van der Waals surface area contributed by atoms with Gasteiger partial charge in [0.25, 0.3) is 0 Å². The van der Waals surface area contributed by atoms with E-state index in [0.29, 0.717) is 23.2 Å². The van der Waals surface area contributed by atoms with Gasteiger partial charge in [0.1, 0.15) is 11.6 Å². The number of oxazole rings is 1. The maximum absolute atomic E-state index is 12.1. The lowest BCUT2D eigenvalue weighted by atomic mass is 10.2. The van der Waals surface area contributed by atoms with Crippen LogP contribution in [-0.2, 0) is 9.53 Å². The van der Waals surface area contributed by atoms with Crippen LogP contribution in [0.2, 0.25) is 0 Å². The number of hydrogen-bond acceptors (Lipinski definition) is 5. The average molecular weight is 278 g/mol. The number of nitrogens with zero attached hydrogens (tertiary/aromatic N) is 1. The first kappa shape index (κ1) is 14.2. The zero-order valence-electron chi connectivity index (χ0n) is 11.8. The Balaban J connectivity index is 2.44. The third-order valence-electron chi connectivity index (χ3n) is 3.29. The van der Waals surface area contributed by atoms with Crippen LogP contribution in [0.15, 0.2) is 27.4 Å². The quantitative estimate of drug-likeness (QED) is 0.683. The summed E-state index contributed by atoms with van der Waals surface area (Å²) in [7, 11) is 0. The standard InChI is InChI=1S/C14H18N2O4/c1-4-8(2)19-13(17)9(3)16-12-10(15)6-5-7-11(12)20-14(16)18/h5-9H,4,15H2,1-3H3. The van der Waals surface area contributed by atoms with Crippen LogP contribution in [-0.4, -0.2) is 16.6 Å². The summed E-state index contributed by atoms with van der Waals surface area (Å²) in [6.45, 7) is 5.31. The molecule has 0 bridgehead atoms. The number of fused-ring (bicyclic) bond motifs is 1. The first-order valence-corrected chi connectivity index (χ1v) is 6.55. The molecule has 6 heteroatoms. The number of carbonyl (C=O) groups excluding carboxylic acids is 1. The number of rotatable bonds is 4. The first-order valence-electron chi connectivity index (χ1n) is 6.55. The number of nitrogen functional groups attached to an aromatic ring is 1. The molecule has 0 radical (unpaired) electrons. The monoisotopic (exact) mass is 278 g/mol. The van der Waals surface area contributed by atoms with Crippen molar-refractivity contribution in [2.24, 2.45) is 0 Å². The maximum atomic E-state index is 12.1. The molecule has 2 atom stereocenters. The number of ether oxygens (including phenoxy) is 1. The van der Waals surface area contributed by atoms with E-state index in [0.717, 1.165) is 0 Å². The second-order valence-corrected chi connectivity index (χ2v) is 4.76. The number of esters is 1. The number of aromatic nitrogens is 1. The third-order valence-corrected chi connectivity index (χ3v) is 3.29. The van der Waals surface area contributed by atoms with Crippen LogP contribution in [0.5, 0.6) is 0 Å². The molecule has 0 fully saturated rings. The molecule has 0 spiro atoms. The number of anilines is 1. The Kier molecular flexibility index (Phi) is 3.83. The zero-order valence-corrected chi connectivity index (χ0v) is 11.8. The van der Waals surface area contributed by atoms with Gasteiger partial charge in [0, 0.05) is 0 Å². The van der Waals surface area contributed by atoms with Gasteiger partial charge in [0.2, 0.25) is 0 Å². The Labute approximate surface area is 116 Å². The Morgan fingerprint density at radius 3 is 2.80 bits per heavy atom. The Hall–Kier alpha value is -2.24. The fourth-order valence-corrected chi connectivity index (χ4v) is 1.95. The number of hydrogen-bond donors (Lipinski definition) is 1. The van der Waals surface area contributed by atoms with Crippen molar-refractivity contribution in [1.82, 2.24) is 4.57 Å². The van der Waals surface area contributed by atoms with Crippen molar-refractivity contribution in [2.75, 3.05) is 5.73 Å². The van der Waals surface area contributed by atoms with Crippen molar-refractivity contribution in [3.63, 3.8) is 0 Å². The van der Waals surface area contributed by atoms with E-state index >= 15 is 0 Å². The molecule has 6 nitrogen and oxygen atoms in total. The van der Waals surface area contributed by atoms with E-state index in [-0.39, 0.29) is 6.10 Å². The van der Waals surface area contributed by atoms with E-state index in [9.17, 15) is 9.59 Å². The van der Waals surface area contributed by atoms with E-state index in [1.807, 2.05) is 6.92 Å². The van der Waals surface area contributed by atoms with Gasteiger partial charge in [-0.1, -0.05) is 13.0 Å². The molecule has 0 amide bonds. The predicted molar refractivity (Wildman–Crippen MR) is 75.4 cm³/mol. The first-order chi connectivity index (χ1) is 9.45. The molecule has 0 aliphatic rings. The molecule has 2 unspecified atom stereocenters. The van der Waals surface area contributed by atoms with E-state index in [1.54, 1.807) is 32.0 Å². The van der Waals surface area contributed by atoms with Gasteiger partial charge in [0.05, 0.1) is 11.8 Å². The molecule has 20 heavy (non-hydrogen) atoms. The van der Waals surface area contributed by atoms with Crippen LogP contribution >= 0.6 is 0 Å². The van der Waals surface area contributed by atoms with Gasteiger partial charge in [-0.2, -0.15) is 0 Å². The summed E-state index contributed by atoms with van der Waals surface area (Å²) in [5, 5.41) is 0. The van der Waals surface area contributed by atoms with Crippen LogP contribution in [0.4, 0.5) is 5.69 Å². The predicted octanol–water partition coefficient (Wildman–Crippen LogP) is 2.08. The number of para-hydroxylation sites is 1. The molecule has 1 aromatic carbocycles. The smallest absolute Gasteiger partial charge is 0.420 e. The highest BCUT2D eigenvalue weighted by Crippen LogP contribution is 2.23. The van der Waals surface area contributed by atoms with Crippen LogP contribution in [0.1, 0.15) is 33.2 Å². The van der Waals surface area contributed by atoms with Gasteiger partial charge < -0.3 is 14.9 Å². The van der Waals surface area contributed by atoms with Crippen molar-refractivity contribution in [3.05, 3.63) is 28.7 Å². The van der Waals surface area contributed by atoms with Crippen LogP contribution in [0.3, 0.4) is 0 Å². The molecular formula is C14H18N2O4. The van der Waals surface area contributed by atoms with Crippen LogP contribution in [0, 0.1) is 0 Å². The fraction of sp³-hybridized carbons (Fsp3) is 0.429. The summed E-state index contributed by atoms with van der Waals surface area (Å²) in [5.74, 6) is -1.10. The highest BCUT2D eigenvalue weighted by molar-refractivity contribution is 5.87. The molecule has 2 aromatic rings. The molecule has 1 aromatic heterocycles. The molecule has 0 aliphatic heterocycles. The summed E-state index contributed by atoms with van der Waals surface area (Å²) in [6.07, 6.45) is 0.512. The topological polar surface area (TPSA) is 87.5 Å². The van der Waals surface area contributed by atoms with Gasteiger partial charge in [-0.3, -0.25) is 4.57 Å². The zero-order chi connectivity index (χ0) is 14.9. The molecule has 0 saturated carbocycles. The van der Waals surface area contributed by atoms with Crippen molar-refractivity contribution in [3.8, 4) is 0 Å². The molecule has 2 rings (SSSR count). The summed E-state index contributed by atoms with van der Waals surface area (Å²) >= 11 is 0. The van der Waals surface area contributed by atoms with E-state index in [4.69, 9.17) is 14.9 Å². The SMILES string of the molecule is CCC(C)OC(=O)C(C)n1c(=O)oc2cccc(N)c21. The number of carbonyl (C=O) groups is 1. The van der Waals surface area contributed by atoms with Crippen molar-refractivity contribution >= 4 is 22.8 Å². The number of benzene rings is 1. The average Bonchev–Trinajstić information content (AvgIpc) is 2.75. The molecule has 0 aliphatic carbocycles. The van der Waals surface area contributed by atoms with Crippen molar-refractivity contribution < 1.29 is 13.9 Å². The van der Waals surface area contributed by atoms with Gasteiger partial charge in [0.15, 0.2) is 5.58 Å². The van der Waals surface area contributed by atoms with Crippen LogP contribution in [0.25, 0.3) is 11.1 Å². The minimum absolute atomic E-state index is 0.198. The third kappa shape index (κ3) is 2.41. The second kappa shape index (κ2) is 5.40. The van der Waals surface area contributed by atoms with Gasteiger partial charge in [-0.25, -0.2) is 9.59 Å². The van der Waals surface area contributed by atoms with Crippen molar-refractivity contribution in [2.45, 2.75) is 39.3 Å². The van der Waals surface area contributed by atoms with Gasteiger partial charge in [-0.05, 0) is 32.4 Å². The molecule has 0 saturated heterocycles. The fourth-order valence-electron chi connectivity index (χ4n) is 1.95. The molecule has 1 heterocycles. The van der Waals surface area contributed by atoms with Crippen molar-refractivity contribution in [1.29, 1.82) is 0 Å². The summed E-state index contributed by atoms with van der Waals surface area (Å²) < 4.78 is 11.6. The second-order valence-electron chi connectivity index (χ2n) is 4.76. The lowest BCUT2D eigenvalue weighted by Crippen LogP contribution is -2.28. The Morgan fingerprint density at radius 1 is 1.45 bits per heavy atom. The summed E-state index contributed by atoms with van der Waals surface area (Å²) in [4.78, 5) is 24.0. The summed E-state index contributed by atoms with van der Waals surface area (Å²) in [6, 6.07) is 4.19. The minimum Gasteiger partial charge on any atom is -0.461 e. The van der Waals surface area contributed by atoms with E-state index in [1.165, 1.54) is 4.57 Å². The van der Waals surface area contributed by atoms with Crippen LogP contribution < -0.4 is 11.5 Å². The van der Waals surface area contributed by atoms with E-state index in [2.05, 4.69) is 0 Å². The Bertz CT molecular complexity index is 686. The molecular weight excluding hydrogens is 260 g/mol. The molecule has 2 N–H and O–H groups in total. The Morgan fingerprint density at radius 2 is 2.15 bits per heavy atom.